The number of rotatable bonds is 4. The lowest BCUT2D eigenvalue weighted by molar-refractivity contribution is -0.130. The first-order valence-corrected chi connectivity index (χ1v) is 7.88. The number of likely N-dealkylation sites (N-methyl/N-ethyl adjacent to an activating group) is 1. The van der Waals surface area contributed by atoms with Crippen LogP contribution < -0.4 is 0 Å². The summed E-state index contributed by atoms with van der Waals surface area (Å²) >= 11 is 0. The minimum Gasteiger partial charge on any atom is -0.341 e. The Bertz CT molecular complexity index is 663. The zero-order chi connectivity index (χ0) is 15.5. The molecule has 116 valence electrons. The van der Waals surface area contributed by atoms with Crippen LogP contribution in [0, 0.1) is 5.92 Å². The van der Waals surface area contributed by atoms with Crippen LogP contribution in [0.4, 0.5) is 0 Å². The Kier molecular flexibility index (Phi) is 4.39. The molecule has 0 spiro atoms. The molecule has 1 aliphatic heterocycles. The summed E-state index contributed by atoms with van der Waals surface area (Å²) in [5.41, 5.74) is 2.40. The van der Waals surface area contributed by atoms with Gasteiger partial charge in [-0.25, -0.2) is 0 Å². The molecular formula is C18H23N3O. The molecule has 0 bridgehead atoms. The zero-order valence-corrected chi connectivity index (χ0v) is 13.3. The van der Waals surface area contributed by atoms with E-state index in [0.717, 1.165) is 31.4 Å². The first-order valence-electron chi connectivity index (χ1n) is 7.88. The number of nitrogens with zero attached hydrogens (tertiary/aromatic N) is 3. The number of pyridine rings is 1. The SMILES string of the molecule is CN(C)CC(=O)N1CC[C@@H](Cc2cccc3cccnc23)C1. The number of carbonyl (C=O) groups is 1. The zero-order valence-electron chi connectivity index (χ0n) is 13.3. The topological polar surface area (TPSA) is 36.4 Å². The lowest BCUT2D eigenvalue weighted by Gasteiger charge is -2.19. The van der Waals surface area contributed by atoms with Gasteiger partial charge in [-0.05, 0) is 44.5 Å². The molecule has 2 aromatic rings. The highest BCUT2D eigenvalue weighted by molar-refractivity contribution is 5.81. The first kappa shape index (κ1) is 15.0. The highest BCUT2D eigenvalue weighted by Gasteiger charge is 2.26. The molecule has 0 saturated carbocycles. The van der Waals surface area contributed by atoms with Crippen molar-refractivity contribution in [2.24, 2.45) is 5.92 Å². The van der Waals surface area contributed by atoms with Gasteiger partial charge in [-0.2, -0.15) is 0 Å². The van der Waals surface area contributed by atoms with Crippen LogP contribution in [0.3, 0.4) is 0 Å². The minimum absolute atomic E-state index is 0.239. The van der Waals surface area contributed by atoms with Crippen LogP contribution in [0.15, 0.2) is 36.5 Å². The number of aromatic nitrogens is 1. The lowest BCUT2D eigenvalue weighted by atomic mass is 9.97. The molecule has 0 aliphatic carbocycles. The first-order chi connectivity index (χ1) is 10.6. The van der Waals surface area contributed by atoms with Gasteiger partial charge in [0.2, 0.25) is 5.91 Å². The predicted molar refractivity (Wildman–Crippen MR) is 88.7 cm³/mol. The van der Waals surface area contributed by atoms with Gasteiger partial charge in [-0.1, -0.05) is 24.3 Å². The number of fused-ring (bicyclic) bond motifs is 1. The van der Waals surface area contributed by atoms with Gasteiger partial charge in [0.1, 0.15) is 0 Å². The second kappa shape index (κ2) is 6.44. The summed E-state index contributed by atoms with van der Waals surface area (Å²) in [6, 6.07) is 10.5. The van der Waals surface area contributed by atoms with Gasteiger partial charge < -0.3 is 9.80 Å². The fraction of sp³-hybridized carbons (Fsp3) is 0.444. The molecule has 2 heterocycles. The molecule has 0 unspecified atom stereocenters. The second-order valence-electron chi connectivity index (χ2n) is 6.43. The number of amides is 1. The van der Waals surface area contributed by atoms with Gasteiger partial charge in [0.05, 0.1) is 12.1 Å². The molecule has 22 heavy (non-hydrogen) atoms. The van der Waals surface area contributed by atoms with Crippen LogP contribution in [0.25, 0.3) is 10.9 Å². The fourth-order valence-electron chi connectivity index (χ4n) is 3.24. The number of para-hydroxylation sites is 1. The van der Waals surface area contributed by atoms with E-state index in [0.29, 0.717) is 12.5 Å². The Hall–Kier alpha value is -1.94. The lowest BCUT2D eigenvalue weighted by Crippen LogP contribution is -2.36. The average Bonchev–Trinajstić information content (AvgIpc) is 2.96. The van der Waals surface area contributed by atoms with Crippen LogP contribution in [0.1, 0.15) is 12.0 Å². The number of hydrogen-bond donors (Lipinski definition) is 0. The van der Waals surface area contributed by atoms with Crippen molar-refractivity contribution in [3.8, 4) is 0 Å². The summed E-state index contributed by atoms with van der Waals surface area (Å²) in [6.07, 6.45) is 3.94. The normalized spacial score (nSPS) is 18.3. The van der Waals surface area contributed by atoms with Gasteiger partial charge >= 0.3 is 0 Å². The molecule has 4 heteroatoms. The quantitative estimate of drug-likeness (QED) is 0.868. The van der Waals surface area contributed by atoms with Crippen LogP contribution in [-0.2, 0) is 11.2 Å². The van der Waals surface area contributed by atoms with Gasteiger partial charge in [0.15, 0.2) is 0 Å². The Morgan fingerprint density at radius 1 is 1.32 bits per heavy atom. The highest BCUT2D eigenvalue weighted by atomic mass is 16.2. The van der Waals surface area contributed by atoms with E-state index < -0.39 is 0 Å². The van der Waals surface area contributed by atoms with Crippen LogP contribution in [0.5, 0.6) is 0 Å². The van der Waals surface area contributed by atoms with Gasteiger partial charge in [0.25, 0.3) is 0 Å². The molecule has 1 saturated heterocycles. The third-order valence-corrected chi connectivity index (χ3v) is 4.31. The highest BCUT2D eigenvalue weighted by Crippen LogP contribution is 2.24. The fourth-order valence-corrected chi connectivity index (χ4v) is 3.24. The summed E-state index contributed by atoms with van der Waals surface area (Å²) in [6.45, 7) is 2.26. The number of benzene rings is 1. The molecule has 3 rings (SSSR count). The minimum atomic E-state index is 0.239. The largest absolute Gasteiger partial charge is 0.341 e. The summed E-state index contributed by atoms with van der Waals surface area (Å²) in [4.78, 5) is 20.6. The predicted octanol–water partition coefficient (Wildman–Crippen LogP) is 2.19. The Morgan fingerprint density at radius 3 is 2.95 bits per heavy atom. The van der Waals surface area contributed by atoms with Crippen molar-refractivity contribution >= 4 is 16.8 Å². The maximum absolute atomic E-state index is 12.1. The number of likely N-dealkylation sites (tertiary alicyclic amines) is 1. The van der Waals surface area contributed by atoms with E-state index in [1.165, 1.54) is 10.9 Å². The van der Waals surface area contributed by atoms with E-state index >= 15 is 0 Å². The Labute approximate surface area is 131 Å². The second-order valence-corrected chi connectivity index (χ2v) is 6.43. The third kappa shape index (κ3) is 3.28. The molecular weight excluding hydrogens is 274 g/mol. The molecule has 1 aromatic carbocycles. The summed E-state index contributed by atoms with van der Waals surface area (Å²) in [5, 5.41) is 1.19. The van der Waals surface area contributed by atoms with Crippen LogP contribution in [-0.4, -0.2) is 54.4 Å². The van der Waals surface area contributed by atoms with Gasteiger partial charge in [-0.15, -0.1) is 0 Å². The van der Waals surface area contributed by atoms with E-state index in [4.69, 9.17) is 0 Å². The van der Waals surface area contributed by atoms with E-state index in [9.17, 15) is 4.79 Å². The van der Waals surface area contributed by atoms with Crippen molar-refractivity contribution in [3.63, 3.8) is 0 Å². The third-order valence-electron chi connectivity index (χ3n) is 4.31. The number of hydrogen-bond acceptors (Lipinski definition) is 3. The molecule has 1 aromatic heterocycles. The van der Waals surface area contributed by atoms with Gasteiger partial charge in [0, 0.05) is 24.7 Å². The summed E-state index contributed by atoms with van der Waals surface area (Å²) in [7, 11) is 3.88. The van der Waals surface area contributed by atoms with Gasteiger partial charge in [-0.3, -0.25) is 9.78 Å². The standard InChI is InChI=1S/C18H23N3O/c1-20(2)13-17(22)21-10-8-14(12-21)11-16-6-3-5-15-7-4-9-19-18(15)16/h3-7,9,14H,8,10-13H2,1-2H3/t14-/m0/s1. The van der Waals surface area contributed by atoms with Crippen molar-refractivity contribution in [3.05, 3.63) is 42.1 Å². The maximum atomic E-state index is 12.1. The van der Waals surface area contributed by atoms with Crippen molar-refractivity contribution in [1.29, 1.82) is 0 Å². The smallest absolute Gasteiger partial charge is 0.236 e. The molecule has 1 aliphatic rings. The molecule has 4 nitrogen and oxygen atoms in total. The monoisotopic (exact) mass is 297 g/mol. The van der Waals surface area contributed by atoms with Crippen molar-refractivity contribution in [1.82, 2.24) is 14.8 Å². The molecule has 1 atom stereocenters. The molecule has 0 radical (unpaired) electrons. The Morgan fingerprint density at radius 2 is 2.14 bits per heavy atom. The summed E-state index contributed by atoms with van der Waals surface area (Å²) < 4.78 is 0. The molecule has 1 amide bonds. The van der Waals surface area contributed by atoms with E-state index in [1.54, 1.807) is 0 Å². The van der Waals surface area contributed by atoms with Crippen molar-refractivity contribution < 1.29 is 4.79 Å². The van der Waals surface area contributed by atoms with Crippen LogP contribution in [0.2, 0.25) is 0 Å². The van der Waals surface area contributed by atoms with Crippen LogP contribution >= 0.6 is 0 Å². The van der Waals surface area contributed by atoms with Crippen molar-refractivity contribution in [2.75, 3.05) is 33.7 Å². The number of carbonyl (C=O) groups excluding carboxylic acids is 1. The molecule has 0 N–H and O–H groups in total. The Balaban J connectivity index is 1.68. The van der Waals surface area contributed by atoms with E-state index in [-0.39, 0.29) is 5.91 Å². The van der Waals surface area contributed by atoms with Crippen molar-refractivity contribution in [2.45, 2.75) is 12.8 Å². The molecule has 1 fully saturated rings. The summed E-state index contributed by atoms with van der Waals surface area (Å²) in [5.74, 6) is 0.780. The average molecular weight is 297 g/mol. The maximum Gasteiger partial charge on any atom is 0.236 e. The van der Waals surface area contributed by atoms with E-state index in [2.05, 4.69) is 29.2 Å². The van der Waals surface area contributed by atoms with E-state index in [1.807, 2.05) is 36.2 Å².